The van der Waals surface area contributed by atoms with E-state index in [2.05, 4.69) is 78.9 Å². The van der Waals surface area contributed by atoms with Gasteiger partial charge >= 0.3 is 0 Å². The molecule has 0 atom stereocenters. The van der Waals surface area contributed by atoms with Crippen LogP contribution >= 0.6 is 11.3 Å². The molecule has 4 heterocycles. The van der Waals surface area contributed by atoms with Gasteiger partial charge in [0, 0.05) is 52.8 Å². The van der Waals surface area contributed by atoms with Crippen molar-refractivity contribution in [1.29, 1.82) is 0 Å². The van der Waals surface area contributed by atoms with Crippen LogP contribution in [0.1, 0.15) is 0 Å². The second kappa shape index (κ2) is 10.9. The maximum Gasteiger partial charge on any atom is 0.167 e. The maximum atomic E-state index is 6.76. The minimum absolute atomic E-state index is 0.532. The highest BCUT2D eigenvalue weighted by Gasteiger charge is 2.22. The van der Waals surface area contributed by atoms with Crippen LogP contribution in [0.2, 0.25) is 0 Å². The maximum absolute atomic E-state index is 6.76. The highest BCUT2D eigenvalue weighted by molar-refractivity contribution is 7.26. The fourth-order valence-corrected chi connectivity index (χ4v) is 8.69. The number of nitrogens with zero attached hydrogens (tertiary/aromatic N) is 3. The third-order valence-electron chi connectivity index (χ3n) is 9.77. The Morgan fingerprint density at radius 3 is 1.75 bits per heavy atom. The highest BCUT2D eigenvalue weighted by atomic mass is 32.1. The molecule has 6 heteroatoms. The van der Waals surface area contributed by atoms with Gasteiger partial charge in [-0.05, 0) is 35.9 Å². The molecule has 0 amide bonds. The molecule has 4 aromatic heterocycles. The first-order valence-electron chi connectivity index (χ1n) is 16.9. The molecule has 0 saturated carbocycles. The molecule has 7 aromatic carbocycles. The lowest BCUT2D eigenvalue weighted by Gasteiger charge is -2.09. The minimum Gasteiger partial charge on any atom is -0.455 e. The van der Waals surface area contributed by atoms with Crippen molar-refractivity contribution >= 4 is 75.4 Å². The number of fused-ring (bicyclic) bond motifs is 9. The molecular formula is C45H25N3O2S. The van der Waals surface area contributed by atoms with Crippen molar-refractivity contribution in [1.82, 2.24) is 15.0 Å². The summed E-state index contributed by atoms with van der Waals surface area (Å²) in [6.07, 6.45) is 0. The average molecular weight is 672 g/mol. The molecule has 0 aliphatic rings. The number of hydrogen-bond donors (Lipinski definition) is 0. The van der Waals surface area contributed by atoms with Crippen LogP contribution in [-0.2, 0) is 0 Å². The van der Waals surface area contributed by atoms with Crippen LogP contribution < -0.4 is 0 Å². The summed E-state index contributed by atoms with van der Waals surface area (Å²) < 4.78 is 15.7. The number of para-hydroxylation sites is 3. The summed E-state index contributed by atoms with van der Waals surface area (Å²) in [5.74, 6) is 1.65. The molecule has 0 spiro atoms. The van der Waals surface area contributed by atoms with Gasteiger partial charge in [-0.15, -0.1) is 11.3 Å². The van der Waals surface area contributed by atoms with Gasteiger partial charge in [0.25, 0.3) is 0 Å². The SMILES string of the molecule is c1ccc(-c2nc(-c3cccc4c3oc3ccccc34)nc(-c3cccc4c3oc3cccc(-c5cccc6c5sc5ccccc56)c34)n2)cc1. The summed E-state index contributed by atoms with van der Waals surface area (Å²) in [7, 11) is 0. The van der Waals surface area contributed by atoms with E-state index >= 15 is 0 Å². The van der Waals surface area contributed by atoms with Crippen molar-refractivity contribution in [3.05, 3.63) is 152 Å². The van der Waals surface area contributed by atoms with Crippen molar-refractivity contribution in [2.75, 3.05) is 0 Å². The summed E-state index contributed by atoms with van der Waals surface area (Å²) in [6.45, 7) is 0. The topological polar surface area (TPSA) is 65.0 Å². The van der Waals surface area contributed by atoms with Crippen molar-refractivity contribution in [3.8, 4) is 45.3 Å². The zero-order valence-corrected chi connectivity index (χ0v) is 27.8. The molecule has 0 radical (unpaired) electrons. The lowest BCUT2D eigenvalue weighted by atomic mass is 9.97. The van der Waals surface area contributed by atoms with Crippen LogP contribution in [0.25, 0.3) is 109 Å². The predicted molar refractivity (Wildman–Crippen MR) is 209 cm³/mol. The predicted octanol–water partition coefficient (Wildman–Crippen LogP) is 12.7. The monoisotopic (exact) mass is 671 g/mol. The van der Waals surface area contributed by atoms with Gasteiger partial charge in [-0.3, -0.25) is 0 Å². The van der Waals surface area contributed by atoms with E-state index in [1.165, 1.54) is 25.7 Å². The van der Waals surface area contributed by atoms with E-state index in [-0.39, 0.29) is 0 Å². The third-order valence-corrected chi connectivity index (χ3v) is 11.0. The Labute approximate surface area is 295 Å². The molecule has 51 heavy (non-hydrogen) atoms. The molecule has 238 valence electrons. The number of benzene rings is 7. The second-order valence-corrected chi connectivity index (χ2v) is 13.7. The number of hydrogen-bond acceptors (Lipinski definition) is 6. The average Bonchev–Trinajstić information content (AvgIpc) is 3.89. The number of rotatable bonds is 4. The van der Waals surface area contributed by atoms with E-state index < -0.39 is 0 Å². The Balaban J connectivity index is 1.16. The first kappa shape index (κ1) is 28.2. The summed E-state index contributed by atoms with van der Waals surface area (Å²) in [6, 6.07) is 52.0. The van der Waals surface area contributed by atoms with Crippen molar-refractivity contribution < 1.29 is 8.83 Å². The fourth-order valence-electron chi connectivity index (χ4n) is 7.46. The zero-order valence-electron chi connectivity index (χ0n) is 27.0. The van der Waals surface area contributed by atoms with Crippen LogP contribution in [0.4, 0.5) is 0 Å². The van der Waals surface area contributed by atoms with E-state index in [0.29, 0.717) is 17.5 Å². The molecule has 0 fully saturated rings. The van der Waals surface area contributed by atoms with E-state index in [9.17, 15) is 0 Å². The van der Waals surface area contributed by atoms with Gasteiger partial charge in [-0.2, -0.15) is 0 Å². The fraction of sp³-hybridized carbons (Fsp3) is 0. The first-order chi connectivity index (χ1) is 25.3. The molecule has 0 aliphatic carbocycles. The van der Waals surface area contributed by atoms with Crippen molar-refractivity contribution in [3.63, 3.8) is 0 Å². The van der Waals surface area contributed by atoms with E-state index in [1.54, 1.807) is 0 Å². The first-order valence-corrected chi connectivity index (χ1v) is 17.7. The van der Waals surface area contributed by atoms with E-state index in [1.807, 2.05) is 84.1 Å². The van der Waals surface area contributed by atoms with Crippen LogP contribution in [0.15, 0.2) is 160 Å². The summed E-state index contributed by atoms with van der Waals surface area (Å²) >= 11 is 1.84. The number of furan rings is 2. The Hall–Kier alpha value is -6.63. The molecule has 11 rings (SSSR count). The van der Waals surface area contributed by atoms with Crippen LogP contribution in [0.3, 0.4) is 0 Å². The van der Waals surface area contributed by atoms with E-state index in [0.717, 1.165) is 66.1 Å². The van der Waals surface area contributed by atoms with Gasteiger partial charge in [0.2, 0.25) is 0 Å². The van der Waals surface area contributed by atoms with Crippen LogP contribution in [-0.4, -0.2) is 15.0 Å². The molecule has 0 aliphatic heterocycles. The summed E-state index contributed by atoms with van der Waals surface area (Å²) in [4.78, 5) is 15.3. The van der Waals surface area contributed by atoms with Gasteiger partial charge in [-0.25, -0.2) is 15.0 Å². The van der Waals surface area contributed by atoms with E-state index in [4.69, 9.17) is 23.8 Å². The summed E-state index contributed by atoms with van der Waals surface area (Å²) in [5, 5.41) is 6.71. The Kier molecular flexibility index (Phi) is 6.05. The van der Waals surface area contributed by atoms with Gasteiger partial charge in [0.15, 0.2) is 17.5 Å². The Morgan fingerprint density at radius 1 is 0.373 bits per heavy atom. The lowest BCUT2D eigenvalue weighted by molar-refractivity contribution is 0.669. The largest absolute Gasteiger partial charge is 0.455 e. The second-order valence-electron chi connectivity index (χ2n) is 12.7. The molecule has 0 unspecified atom stereocenters. The zero-order chi connectivity index (χ0) is 33.5. The van der Waals surface area contributed by atoms with Gasteiger partial charge in [0.1, 0.15) is 22.3 Å². The molecular weight excluding hydrogens is 647 g/mol. The van der Waals surface area contributed by atoms with Gasteiger partial charge in [0.05, 0.1) is 11.1 Å². The Bertz CT molecular complexity index is 3160. The highest BCUT2D eigenvalue weighted by Crippen LogP contribution is 2.45. The van der Waals surface area contributed by atoms with Crippen LogP contribution in [0, 0.1) is 0 Å². The molecule has 0 bridgehead atoms. The molecule has 5 nitrogen and oxygen atoms in total. The smallest absolute Gasteiger partial charge is 0.167 e. The molecule has 0 saturated heterocycles. The summed E-state index contributed by atoms with van der Waals surface area (Å²) in [5.41, 5.74) is 7.96. The van der Waals surface area contributed by atoms with Gasteiger partial charge in [-0.1, -0.05) is 121 Å². The quantitative estimate of drug-likeness (QED) is 0.186. The van der Waals surface area contributed by atoms with Crippen LogP contribution in [0.5, 0.6) is 0 Å². The minimum atomic E-state index is 0.532. The lowest BCUT2D eigenvalue weighted by Crippen LogP contribution is -2.00. The van der Waals surface area contributed by atoms with Gasteiger partial charge < -0.3 is 8.83 Å². The van der Waals surface area contributed by atoms with Crippen molar-refractivity contribution in [2.24, 2.45) is 0 Å². The molecule has 0 N–H and O–H groups in total. The Morgan fingerprint density at radius 2 is 0.922 bits per heavy atom. The third kappa shape index (κ3) is 4.30. The normalized spacial score (nSPS) is 11.9. The number of thiophene rings is 1. The van der Waals surface area contributed by atoms with Crippen molar-refractivity contribution in [2.45, 2.75) is 0 Å². The number of aromatic nitrogens is 3. The molecule has 11 aromatic rings. The standard InChI is InChI=1S/C45H25N3O2S/c1-2-12-26(13-3-1)43-46-44(34-21-8-17-30-27-14-4-6-23-36(27)49-40(30)34)48-45(47-43)35-22-10-20-33-39-29(16-11-24-37(39)50-41(33)35)32-19-9-18-31-28-15-5-7-25-38(28)51-42(31)32/h1-25H.